The first-order chi connectivity index (χ1) is 17.1. The maximum Gasteiger partial charge on any atom is 0.490 e. The Bertz CT molecular complexity index is 1210. The van der Waals surface area contributed by atoms with Gasteiger partial charge < -0.3 is 20.1 Å². The van der Waals surface area contributed by atoms with Gasteiger partial charge in [0.15, 0.2) is 0 Å². The van der Waals surface area contributed by atoms with Gasteiger partial charge in [0.05, 0.1) is 5.69 Å². The Morgan fingerprint density at radius 3 is 2.42 bits per heavy atom. The second kappa shape index (κ2) is 12.3. The Morgan fingerprint density at radius 1 is 1.11 bits per heavy atom. The lowest BCUT2D eigenvalue weighted by Gasteiger charge is -2.27. The van der Waals surface area contributed by atoms with Crippen molar-refractivity contribution in [2.45, 2.75) is 26.3 Å². The van der Waals surface area contributed by atoms with Gasteiger partial charge in [-0.3, -0.25) is 9.69 Å². The molecule has 0 radical (unpaired) electrons. The fraction of sp³-hybridized carbons (Fsp3) is 0.320. The van der Waals surface area contributed by atoms with Crippen LogP contribution in [0.5, 0.6) is 5.75 Å². The minimum atomic E-state index is -5.08. The van der Waals surface area contributed by atoms with Gasteiger partial charge in [-0.15, -0.1) is 0 Å². The molecule has 11 heteroatoms. The van der Waals surface area contributed by atoms with Gasteiger partial charge in [0.1, 0.15) is 18.2 Å². The maximum atomic E-state index is 12.2. The van der Waals surface area contributed by atoms with Gasteiger partial charge in [0.25, 0.3) is 5.56 Å². The number of carboxylic acids is 1. The van der Waals surface area contributed by atoms with Crippen LogP contribution in [0.4, 0.5) is 13.2 Å². The smallest absolute Gasteiger partial charge is 0.487 e. The van der Waals surface area contributed by atoms with E-state index in [-0.39, 0.29) is 12.2 Å². The lowest BCUT2D eigenvalue weighted by Crippen LogP contribution is -2.42. The summed E-state index contributed by atoms with van der Waals surface area (Å²) in [5.74, 6) is -1.42. The number of nitrogens with zero attached hydrogens (tertiary/aromatic N) is 2. The molecule has 1 aliphatic heterocycles. The maximum absolute atomic E-state index is 12.2. The van der Waals surface area contributed by atoms with Crippen molar-refractivity contribution in [2.24, 2.45) is 0 Å². The zero-order chi connectivity index (χ0) is 26.1. The van der Waals surface area contributed by atoms with Crippen LogP contribution in [0.3, 0.4) is 0 Å². The van der Waals surface area contributed by atoms with E-state index in [4.69, 9.17) is 14.6 Å². The summed E-state index contributed by atoms with van der Waals surface area (Å²) in [6, 6.07) is 17.5. The van der Waals surface area contributed by atoms with Crippen LogP contribution in [-0.2, 0) is 17.9 Å². The molecule has 3 aromatic rings. The van der Waals surface area contributed by atoms with Crippen molar-refractivity contribution >= 4 is 5.97 Å². The second-order valence-electron chi connectivity index (χ2n) is 8.22. The molecule has 3 N–H and O–H groups in total. The third-order valence-electron chi connectivity index (χ3n) is 5.26. The fourth-order valence-corrected chi connectivity index (χ4v) is 3.45. The number of H-pyrrole nitrogens is 1. The number of benzene rings is 2. The molecule has 0 unspecified atom stereocenters. The molecule has 0 atom stereocenters. The minimum absolute atomic E-state index is 0.176. The number of carbonyl (C=O) groups is 1. The Balaban J connectivity index is 0.000000454. The highest BCUT2D eigenvalue weighted by Crippen LogP contribution is 2.18. The van der Waals surface area contributed by atoms with E-state index in [0.29, 0.717) is 11.5 Å². The number of aliphatic carboxylic acids is 1. The molecule has 2 aromatic carbocycles. The first-order valence-corrected chi connectivity index (χ1v) is 11.2. The average Bonchev–Trinajstić information content (AvgIpc) is 2.84. The van der Waals surface area contributed by atoms with E-state index in [0.717, 1.165) is 44.0 Å². The number of aromatic nitrogens is 2. The molecule has 192 valence electrons. The number of aryl methyl sites for hydroxylation is 1. The number of nitrogens with one attached hydrogen (secondary N) is 2. The highest BCUT2D eigenvalue weighted by atomic mass is 19.4. The number of alkyl halides is 3. The van der Waals surface area contributed by atoms with E-state index in [1.807, 2.05) is 43.3 Å². The zero-order valence-electron chi connectivity index (χ0n) is 19.6. The number of piperazine rings is 1. The Labute approximate surface area is 205 Å². The number of rotatable bonds is 6. The molecule has 1 saturated heterocycles. The van der Waals surface area contributed by atoms with E-state index in [2.05, 4.69) is 32.3 Å². The van der Waals surface area contributed by atoms with Crippen LogP contribution in [0, 0.1) is 6.92 Å². The van der Waals surface area contributed by atoms with Crippen LogP contribution in [0.25, 0.3) is 11.4 Å². The van der Waals surface area contributed by atoms with Crippen molar-refractivity contribution in [2.75, 3.05) is 26.2 Å². The Kier molecular flexibility index (Phi) is 9.20. The molecule has 36 heavy (non-hydrogen) atoms. The van der Waals surface area contributed by atoms with Crippen LogP contribution in [0.15, 0.2) is 59.4 Å². The third-order valence-corrected chi connectivity index (χ3v) is 5.26. The summed E-state index contributed by atoms with van der Waals surface area (Å²) >= 11 is 0. The molecule has 1 aliphatic rings. The molecular weight excluding hydrogens is 477 g/mol. The summed E-state index contributed by atoms with van der Waals surface area (Å²) in [6.45, 7) is 7.33. The molecular formula is C25H27F3N4O4. The summed E-state index contributed by atoms with van der Waals surface area (Å²) in [5.41, 5.74) is 3.73. The number of carboxylic acid groups (broad SMARTS) is 1. The molecule has 1 fully saturated rings. The predicted octanol–water partition coefficient (Wildman–Crippen LogP) is 3.36. The Hall–Kier alpha value is -3.70. The highest BCUT2D eigenvalue weighted by Gasteiger charge is 2.38. The lowest BCUT2D eigenvalue weighted by molar-refractivity contribution is -0.192. The van der Waals surface area contributed by atoms with E-state index in [9.17, 15) is 18.0 Å². The summed E-state index contributed by atoms with van der Waals surface area (Å²) in [6.07, 6.45) is -5.08. The molecule has 0 aliphatic carbocycles. The van der Waals surface area contributed by atoms with Crippen LogP contribution in [-0.4, -0.2) is 58.3 Å². The monoisotopic (exact) mass is 504 g/mol. The largest absolute Gasteiger partial charge is 0.490 e. The van der Waals surface area contributed by atoms with E-state index in [1.165, 1.54) is 17.2 Å². The van der Waals surface area contributed by atoms with Gasteiger partial charge >= 0.3 is 12.1 Å². The van der Waals surface area contributed by atoms with Crippen LogP contribution >= 0.6 is 0 Å². The van der Waals surface area contributed by atoms with Crippen LogP contribution < -0.4 is 15.6 Å². The molecule has 0 amide bonds. The van der Waals surface area contributed by atoms with Gasteiger partial charge in [-0.2, -0.15) is 13.2 Å². The molecule has 2 heterocycles. The van der Waals surface area contributed by atoms with Gasteiger partial charge in [0.2, 0.25) is 0 Å². The number of hydrogen-bond donors (Lipinski definition) is 3. The SMILES string of the molecule is Cc1ccc(OCc2cc(=O)[nH]c(-c3cccc(CN4CCNCC4)c3)n2)cc1.O=C(O)C(F)(F)F. The zero-order valence-corrected chi connectivity index (χ0v) is 19.6. The summed E-state index contributed by atoms with van der Waals surface area (Å²) in [7, 11) is 0. The van der Waals surface area contributed by atoms with Gasteiger partial charge in [0, 0.05) is 44.4 Å². The van der Waals surface area contributed by atoms with Crippen molar-refractivity contribution in [3.8, 4) is 17.1 Å². The summed E-state index contributed by atoms with van der Waals surface area (Å²) < 4.78 is 37.5. The molecule has 0 bridgehead atoms. The highest BCUT2D eigenvalue weighted by molar-refractivity contribution is 5.73. The fourth-order valence-electron chi connectivity index (χ4n) is 3.45. The molecule has 0 spiro atoms. The topological polar surface area (TPSA) is 108 Å². The second-order valence-corrected chi connectivity index (χ2v) is 8.22. The normalized spacial score (nSPS) is 14.0. The number of aromatic amines is 1. The Morgan fingerprint density at radius 2 is 1.78 bits per heavy atom. The van der Waals surface area contributed by atoms with E-state index in [1.54, 1.807) is 0 Å². The lowest BCUT2D eigenvalue weighted by atomic mass is 10.1. The van der Waals surface area contributed by atoms with Crippen molar-refractivity contribution in [3.05, 3.63) is 81.8 Å². The van der Waals surface area contributed by atoms with Crippen LogP contribution in [0.1, 0.15) is 16.8 Å². The van der Waals surface area contributed by atoms with Crippen molar-refractivity contribution in [1.82, 2.24) is 20.2 Å². The first kappa shape index (κ1) is 26.9. The molecule has 8 nitrogen and oxygen atoms in total. The van der Waals surface area contributed by atoms with Crippen LogP contribution in [0.2, 0.25) is 0 Å². The molecule has 4 rings (SSSR count). The van der Waals surface area contributed by atoms with Gasteiger partial charge in [-0.05, 0) is 30.7 Å². The number of hydrogen-bond acceptors (Lipinski definition) is 6. The standard InChI is InChI=1S/C23H26N4O2.C2HF3O2/c1-17-5-7-21(8-6-17)29-16-20-14-22(28)26-23(25-20)19-4-2-3-18(13-19)15-27-11-9-24-10-12-27;3-2(4,5)1(6)7/h2-8,13-14,24H,9-12,15-16H2,1H3,(H,25,26,28);(H,6,7). The van der Waals surface area contributed by atoms with Gasteiger partial charge in [-0.1, -0.05) is 35.9 Å². The molecule has 0 saturated carbocycles. The summed E-state index contributed by atoms with van der Waals surface area (Å²) in [5, 5.41) is 10.5. The van der Waals surface area contributed by atoms with Crippen molar-refractivity contribution in [1.29, 1.82) is 0 Å². The average molecular weight is 505 g/mol. The first-order valence-electron chi connectivity index (χ1n) is 11.2. The number of halogens is 3. The van der Waals surface area contributed by atoms with Gasteiger partial charge in [-0.25, -0.2) is 9.78 Å². The number of ether oxygens (including phenoxy) is 1. The quantitative estimate of drug-likeness (QED) is 0.473. The van der Waals surface area contributed by atoms with Crippen molar-refractivity contribution in [3.63, 3.8) is 0 Å². The van der Waals surface area contributed by atoms with Crippen molar-refractivity contribution < 1.29 is 27.8 Å². The predicted molar refractivity (Wildman–Crippen MR) is 128 cm³/mol. The minimum Gasteiger partial charge on any atom is -0.487 e. The molecule has 1 aromatic heterocycles. The van der Waals surface area contributed by atoms with E-state index < -0.39 is 12.1 Å². The third kappa shape index (κ3) is 8.51. The van der Waals surface area contributed by atoms with E-state index >= 15 is 0 Å². The summed E-state index contributed by atoms with van der Waals surface area (Å²) in [4.78, 5) is 31.0.